The van der Waals surface area contributed by atoms with Gasteiger partial charge in [0.25, 0.3) is 0 Å². The van der Waals surface area contributed by atoms with Crippen LogP contribution in [-0.2, 0) is 24.2 Å². The van der Waals surface area contributed by atoms with Crippen molar-refractivity contribution in [1.82, 2.24) is 15.0 Å². The van der Waals surface area contributed by atoms with Gasteiger partial charge in [0.2, 0.25) is 11.9 Å². The second kappa shape index (κ2) is 8.79. The number of nitrogen functional groups attached to an aromatic ring is 1. The smallest absolute Gasteiger partial charge is 0.348 e. The third-order valence-corrected chi connectivity index (χ3v) is 6.60. The molecule has 3 aromatic rings. The highest BCUT2D eigenvalue weighted by molar-refractivity contribution is 7.14. The highest BCUT2D eigenvalue weighted by Gasteiger charge is 2.23. The van der Waals surface area contributed by atoms with E-state index in [1.54, 1.807) is 0 Å². The molecule has 1 atom stereocenters. The van der Waals surface area contributed by atoms with Gasteiger partial charge < -0.3 is 15.8 Å². The minimum Gasteiger partial charge on any atom is -0.453 e. The number of nitrogens with one attached hydrogen (secondary N) is 1. The lowest BCUT2D eigenvalue weighted by Crippen LogP contribution is -2.11. The molecule has 4 rings (SSSR count). The largest absolute Gasteiger partial charge is 0.453 e. The van der Waals surface area contributed by atoms with Crippen molar-refractivity contribution in [3.8, 4) is 0 Å². The molecule has 0 aliphatic heterocycles. The molecule has 7 nitrogen and oxygen atoms in total. The number of aryl methyl sites for hydroxylation is 2. The summed E-state index contributed by atoms with van der Waals surface area (Å²) in [7, 11) is 0. The topological polar surface area (TPSA) is 103 Å². The third kappa shape index (κ3) is 4.59. The fourth-order valence-corrected chi connectivity index (χ4v) is 4.74. The fourth-order valence-electron chi connectivity index (χ4n) is 3.64. The molecule has 0 unspecified atom stereocenters. The Balaban J connectivity index is 1.42. The summed E-state index contributed by atoms with van der Waals surface area (Å²) in [4.78, 5) is 27.1. The Hall–Kier alpha value is -3.00. The van der Waals surface area contributed by atoms with Crippen molar-refractivity contribution in [3.05, 3.63) is 57.0 Å². The first kappa shape index (κ1) is 20.3. The van der Waals surface area contributed by atoms with Crippen molar-refractivity contribution in [1.29, 1.82) is 0 Å². The number of rotatable bonds is 6. The first-order valence-electron chi connectivity index (χ1n) is 10.1. The van der Waals surface area contributed by atoms with Gasteiger partial charge in [-0.25, -0.2) is 4.79 Å². The maximum atomic E-state index is 12.6. The molecule has 0 radical (unpaired) electrons. The van der Waals surface area contributed by atoms with Crippen LogP contribution in [0.15, 0.2) is 30.3 Å². The van der Waals surface area contributed by atoms with E-state index in [0.717, 1.165) is 24.1 Å². The number of para-hydroxylation sites is 1. The minimum atomic E-state index is -0.352. The van der Waals surface area contributed by atoms with Crippen LogP contribution in [0.5, 0.6) is 0 Å². The van der Waals surface area contributed by atoms with Crippen LogP contribution in [0, 0.1) is 12.8 Å². The molecule has 8 heteroatoms. The van der Waals surface area contributed by atoms with E-state index in [9.17, 15) is 4.79 Å². The van der Waals surface area contributed by atoms with Gasteiger partial charge in [-0.15, -0.1) is 11.3 Å². The van der Waals surface area contributed by atoms with E-state index in [1.165, 1.54) is 34.6 Å². The number of fused-ring (bicyclic) bond motifs is 1. The molecule has 1 aliphatic carbocycles. The molecule has 2 aromatic heterocycles. The lowest BCUT2D eigenvalue weighted by Gasteiger charge is -2.19. The number of carbonyl (C=O) groups is 1. The number of hydrogen-bond donors (Lipinski definition) is 2. The molecule has 3 N–H and O–H groups in total. The zero-order chi connectivity index (χ0) is 21.1. The van der Waals surface area contributed by atoms with Crippen LogP contribution in [0.2, 0.25) is 0 Å². The van der Waals surface area contributed by atoms with E-state index in [1.807, 2.05) is 37.3 Å². The number of anilines is 3. The Labute approximate surface area is 179 Å². The number of hydrogen-bond acceptors (Lipinski definition) is 8. The molecule has 156 valence electrons. The Kier molecular flexibility index (Phi) is 5.94. The molecule has 0 fully saturated rings. The van der Waals surface area contributed by atoms with E-state index in [-0.39, 0.29) is 18.5 Å². The molecular formula is C22H25N5O2S. The van der Waals surface area contributed by atoms with Crippen LogP contribution in [0.3, 0.4) is 0 Å². The average Bonchev–Trinajstić information content (AvgIpc) is 3.16. The highest BCUT2D eigenvalue weighted by atomic mass is 32.1. The van der Waals surface area contributed by atoms with Gasteiger partial charge in [-0.2, -0.15) is 15.0 Å². The molecule has 1 aliphatic rings. The zero-order valence-corrected chi connectivity index (χ0v) is 18.0. The summed E-state index contributed by atoms with van der Waals surface area (Å²) in [6, 6.07) is 9.77. The van der Waals surface area contributed by atoms with Gasteiger partial charge in [-0.05, 0) is 55.4 Å². The summed E-state index contributed by atoms with van der Waals surface area (Å²) >= 11 is 1.54. The third-order valence-electron chi connectivity index (χ3n) is 5.39. The number of aromatic nitrogens is 3. The summed E-state index contributed by atoms with van der Waals surface area (Å²) in [5.41, 5.74) is 9.04. The number of nitrogens with zero attached hydrogens (tertiary/aromatic N) is 3. The monoisotopic (exact) mass is 423 g/mol. The Bertz CT molecular complexity index is 1070. The normalized spacial score (nSPS) is 15.5. The average molecular weight is 424 g/mol. The number of esters is 1. The van der Waals surface area contributed by atoms with E-state index < -0.39 is 0 Å². The van der Waals surface area contributed by atoms with E-state index in [0.29, 0.717) is 22.6 Å². The SMILES string of the molecule is CC[C@@H]1CCc2sc(C(=O)OCc3nc(N)nc(Nc4ccccc4C)n3)cc2C1. The molecule has 0 amide bonds. The number of benzene rings is 1. The van der Waals surface area contributed by atoms with Crippen molar-refractivity contribution in [2.75, 3.05) is 11.1 Å². The van der Waals surface area contributed by atoms with Gasteiger partial charge >= 0.3 is 5.97 Å². The van der Waals surface area contributed by atoms with Crippen molar-refractivity contribution in [2.45, 2.75) is 46.1 Å². The molecule has 1 aromatic carbocycles. The molecular weight excluding hydrogens is 398 g/mol. The molecule has 0 saturated heterocycles. The lowest BCUT2D eigenvalue weighted by atomic mass is 9.87. The van der Waals surface area contributed by atoms with Crippen LogP contribution >= 0.6 is 11.3 Å². The van der Waals surface area contributed by atoms with Gasteiger partial charge in [0, 0.05) is 10.6 Å². The van der Waals surface area contributed by atoms with E-state index in [4.69, 9.17) is 10.5 Å². The van der Waals surface area contributed by atoms with Crippen LogP contribution in [-0.4, -0.2) is 20.9 Å². The summed E-state index contributed by atoms with van der Waals surface area (Å²) in [6.07, 6.45) is 4.46. The minimum absolute atomic E-state index is 0.0614. The van der Waals surface area contributed by atoms with Crippen molar-refractivity contribution >= 4 is 34.9 Å². The number of ether oxygens (including phenoxy) is 1. The van der Waals surface area contributed by atoms with Gasteiger partial charge in [0.15, 0.2) is 12.4 Å². The summed E-state index contributed by atoms with van der Waals surface area (Å²) in [5, 5.41) is 3.13. The first-order chi connectivity index (χ1) is 14.5. The van der Waals surface area contributed by atoms with E-state index >= 15 is 0 Å². The molecule has 2 heterocycles. The highest BCUT2D eigenvalue weighted by Crippen LogP contribution is 2.33. The quantitative estimate of drug-likeness (QED) is 0.565. The van der Waals surface area contributed by atoms with Crippen LogP contribution < -0.4 is 11.1 Å². The predicted molar refractivity (Wildman–Crippen MR) is 118 cm³/mol. The van der Waals surface area contributed by atoms with Crippen LogP contribution in [0.25, 0.3) is 0 Å². The number of thiophene rings is 1. The molecule has 0 saturated carbocycles. The second-order valence-corrected chi connectivity index (χ2v) is 8.66. The van der Waals surface area contributed by atoms with Crippen molar-refractivity contribution < 1.29 is 9.53 Å². The van der Waals surface area contributed by atoms with Gasteiger partial charge in [0.1, 0.15) is 4.88 Å². The maximum Gasteiger partial charge on any atom is 0.348 e. The fraction of sp³-hybridized carbons (Fsp3) is 0.364. The number of carbonyl (C=O) groups excluding carboxylic acids is 1. The summed E-state index contributed by atoms with van der Waals surface area (Å²) in [5.74, 6) is 1.06. The van der Waals surface area contributed by atoms with Crippen LogP contribution in [0.1, 0.15) is 51.3 Å². The van der Waals surface area contributed by atoms with Crippen molar-refractivity contribution in [2.24, 2.45) is 5.92 Å². The van der Waals surface area contributed by atoms with Gasteiger partial charge in [-0.1, -0.05) is 31.5 Å². The predicted octanol–water partition coefficient (Wildman–Crippen LogP) is 4.44. The Morgan fingerprint density at radius 3 is 2.93 bits per heavy atom. The molecule has 0 bridgehead atoms. The molecule has 0 spiro atoms. The number of nitrogens with two attached hydrogens (primary N) is 1. The van der Waals surface area contributed by atoms with Crippen molar-refractivity contribution in [3.63, 3.8) is 0 Å². The Morgan fingerprint density at radius 2 is 2.13 bits per heavy atom. The lowest BCUT2D eigenvalue weighted by molar-refractivity contribution is 0.0468. The van der Waals surface area contributed by atoms with E-state index in [2.05, 4.69) is 27.2 Å². The van der Waals surface area contributed by atoms with Crippen LogP contribution in [0.4, 0.5) is 17.6 Å². The standard InChI is InChI=1S/C22H25N5O2S/c1-3-14-8-9-17-15(10-14)11-18(30-17)20(28)29-12-19-25-21(23)27-22(26-19)24-16-7-5-4-6-13(16)2/h4-7,11,14H,3,8-10,12H2,1-2H3,(H3,23,24,25,26,27)/t14-/m1/s1. The summed E-state index contributed by atoms with van der Waals surface area (Å²) in [6.45, 7) is 4.15. The maximum absolute atomic E-state index is 12.6. The molecule has 30 heavy (non-hydrogen) atoms. The Morgan fingerprint density at radius 1 is 1.30 bits per heavy atom. The second-order valence-electron chi connectivity index (χ2n) is 7.53. The first-order valence-corrected chi connectivity index (χ1v) is 10.9. The zero-order valence-electron chi connectivity index (χ0n) is 17.1. The van der Waals surface area contributed by atoms with Gasteiger partial charge in [0.05, 0.1) is 0 Å². The summed E-state index contributed by atoms with van der Waals surface area (Å²) < 4.78 is 5.46. The van der Waals surface area contributed by atoms with Gasteiger partial charge in [-0.3, -0.25) is 0 Å².